The molecule has 2 aromatic carbocycles. The molecule has 0 radical (unpaired) electrons. The third-order valence-electron chi connectivity index (χ3n) is 7.13. The van der Waals surface area contributed by atoms with Crippen molar-refractivity contribution in [1.29, 1.82) is 0 Å². The van der Waals surface area contributed by atoms with Crippen LogP contribution in [0.2, 0.25) is 0 Å². The SMILES string of the molecule is CCCCN1C(=O)[C@]2(/C(=C(\O)c3ccc4c(c3)OCCO4)C(=O)C(=O)N2CCN(C)C)c2ccccc21. The first-order chi connectivity index (χ1) is 17.8. The van der Waals surface area contributed by atoms with Crippen LogP contribution in [0.4, 0.5) is 5.69 Å². The number of unbranched alkanes of at least 4 members (excludes halogenated alkanes) is 1. The van der Waals surface area contributed by atoms with E-state index in [0.717, 1.165) is 12.8 Å². The fraction of sp³-hybridized carbons (Fsp3) is 0.393. The number of amides is 2. The van der Waals surface area contributed by atoms with Gasteiger partial charge in [-0.15, -0.1) is 0 Å². The van der Waals surface area contributed by atoms with Crippen LogP contribution in [0.3, 0.4) is 0 Å². The van der Waals surface area contributed by atoms with Gasteiger partial charge in [0, 0.05) is 30.8 Å². The van der Waals surface area contributed by atoms with Crippen molar-refractivity contribution >= 4 is 29.0 Å². The fourth-order valence-corrected chi connectivity index (χ4v) is 5.34. The van der Waals surface area contributed by atoms with Crippen LogP contribution < -0.4 is 14.4 Å². The average molecular weight is 506 g/mol. The number of ketones is 1. The summed E-state index contributed by atoms with van der Waals surface area (Å²) in [5.41, 5.74) is -0.541. The van der Waals surface area contributed by atoms with Crippen molar-refractivity contribution in [1.82, 2.24) is 9.80 Å². The van der Waals surface area contributed by atoms with Crippen LogP contribution in [0.25, 0.3) is 5.76 Å². The molecule has 2 amide bonds. The molecule has 3 heterocycles. The average Bonchev–Trinajstić information content (AvgIpc) is 3.28. The lowest BCUT2D eigenvalue weighted by Crippen LogP contribution is -2.53. The standard InChI is InChI=1S/C28H31N3O6/c1-4-5-12-30-20-9-7-6-8-19(20)28(27(30)35)23(25(33)26(34)31(28)14-13-29(2)3)24(32)18-10-11-21-22(17-18)37-16-15-36-21/h6-11,17,32H,4-5,12-16H2,1-3H3/b24-23-/t28-/m1/s1. The summed E-state index contributed by atoms with van der Waals surface area (Å²) in [6.45, 7) is 3.81. The second-order valence-corrected chi connectivity index (χ2v) is 9.71. The van der Waals surface area contributed by atoms with Gasteiger partial charge in [0.15, 0.2) is 17.0 Å². The number of aliphatic hydroxyl groups excluding tert-OH is 1. The summed E-state index contributed by atoms with van der Waals surface area (Å²) >= 11 is 0. The summed E-state index contributed by atoms with van der Waals surface area (Å²) in [6.07, 6.45) is 1.62. The highest BCUT2D eigenvalue weighted by molar-refractivity contribution is 6.50. The van der Waals surface area contributed by atoms with Crippen molar-refractivity contribution in [3.05, 3.63) is 59.2 Å². The number of benzene rings is 2. The first-order valence-corrected chi connectivity index (χ1v) is 12.6. The molecule has 5 rings (SSSR count). The minimum Gasteiger partial charge on any atom is -0.507 e. The van der Waals surface area contributed by atoms with Crippen LogP contribution in [0.15, 0.2) is 48.0 Å². The van der Waals surface area contributed by atoms with Crippen molar-refractivity contribution < 1.29 is 29.0 Å². The summed E-state index contributed by atoms with van der Waals surface area (Å²) in [4.78, 5) is 46.4. The highest BCUT2D eigenvalue weighted by Gasteiger charge is 2.66. The summed E-state index contributed by atoms with van der Waals surface area (Å²) in [7, 11) is 3.72. The second kappa shape index (κ2) is 9.55. The van der Waals surface area contributed by atoms with Crippen LogP contribution >= 0.6 is 0 Å². The Labute approximate surface area is 215 Å². The van der Waals surface area contributed by atoms with Gasteiger partial charge in [0.2, 0.25) is 0 Å². The lowest BCUT2D eigenvalue weighted by atomic mass is 9.82. The number of likely N-dealkylation sites (N-methyl/N-ethyl adjacent to an activating group) is 1. The Hall–Kier alpha value is -3.85. The number of hydrogen-bond acceptors (Lipinski definition) is 7. The molecule has 9 nitrogen and oxygen atoms in total. The molecule has 0 saturated carbocycles. The van der Waals surface area contributed by atoms with Crippen LogP contribution in [0.1, 0.15) is 30.9 Å². The zero-order chi connectivity index (χ0) is 26.3. The molecule has 3 aliphatic rings. The smallest absolute Gasteiger partial charge is 0.296 e. The Kier molecular flexibility index (Phi) is 6.41. The van der Waals surface area contributed by atoms with E-state index in [4.69, 9.17) is 9.47 Å². The predicted molar refractivity (Wildman–Crippen MR) is 138 cm³/mol. The predicted octanol–water partition coefficient (Wildman–Crippen LogP) is 2.74. The van der Waals surface area contributed by atoms with Crippen LogP contribution in [0, 0.1) is 0 Å². The van der Waals surface area contributed by atoms with Gasteiger partial charge < -0.3 is 29.3 Å². The van der Waals surface area contributed by atoms with E-state index in [1.807, 2.05) is 38.1 Å². The quantitative estimate of drug-likeness (QED) is 0.351. The number of hydrogen-bond donors (Lipinski definition) is 1. The van der Waals surface area contributed by atoms with Gasteiger partial charge in [-0.2, -0.15) is 0 Å². The molecule has 1 fully saturated rings. The lowest BCUT2D eigenvalue weighted by molar-refractivity contribution is -0.143. The van der Waals surface area contributed by atoms with Crippen LogP contribution in [-0.2, 0) is 19.9 Å². The number of anilines is 1. The van der Waals surface area contributed by atoms with Gasteiger partial charge >= 0.3 is 0 Å². The Morgan fingerprint density at radius 2 is 1.76 bits per heavy atom. The number of carbonyl (C=O) groups excluding carboxylic acids is 3. The maximum atomic E-state index is 14.4. The van der Waals surface area contributed by atoms with Crippen LogP contribution in [0.5, 0.6) is 11.5 Å². The number of fused-ring (bicyclic) bond motifs is 3. The molecule has 3 aliphatic heterocycles. The Bertz CT molecular complexity index is 1300. The number of para-hydroxylation sites is 1. The number of Topliss-reactive ketones (excluding diaryl/α,β-unsaturated/α-hetero) is 1. The molecule has 1 spiro atoms. The Morgan fingerprint density at radius 3 is 2.49 bits per heavy atom. The van der Waals surface area contributed by atoms with Gasteiger partial charge in [0.1, 0.15) is 19.0 Å². The first kappa shape index (κ1) is 24.8. The van der Waals surface area contributed by atoms with E-state index < -0.39 is 28.9 Å². The topological polar surface area (TPSA) is 99.6 Å². The first-order valence-electron chi connectivity index (χ1n) is 12.6. The minimum atomic E-state index is -1.76. The Morgan fingerprint density at radius 1 is 1.03 bits per heavy atom. The van der Waals surface area contributed by atoms with Crippen molar-refractivity contribution in [2.24, 2.45) is 0 Å². The van der Waals surface area contributed by atoms with Gasteiger partial charge in [0.05, 0.1) is 11.3 Å². The molecule has 194 valence electrons. The lowest BCUT2D eigenvalue weighted by Gasteiger charge is -2.35. The molecule has 0 aliphatic carbocycles. The molecule has 0 unspecified atom stereocenters. The third kappa shape index (κ3) is 3.76. The van der Waals surface area contributed by atoms with E-state index in [-0.39, 0.29) is 17.7 Å². The van der Waals surface area contributed by atoms with Gasteiger partial charge in [-0.3, -0.25) is 14.4 Å². The van der Waals surface area contributed by atoms with Gasteiger partial charge in [-0.05, 0) is 44.8 Å². The zero-order valence-corrected chi connectivity index (χ0v) is 21.3. The zero-order valence-electron chi connectivity index (χ0n) is 21.3. The van der Waals surface area contributed by atoms with E-state index >= 15 is 0 Å². The van der Waals surface area contributed by atoms with Gasteiger partial charge in [-0.1, -0.05) is 31.5 Å². The second-order valence-electron chi connectivity index (χ2n) is 9.71. The van der Waals surface area contributed by atoms with Crippen LogP contribution in [-0.4, -0.2) is 79.4 Å². The van der Waals surface area contributed by atoms with Crippen molar-refractivity contribution in [2.75, 3.05) is 51.8 Å². The molecular weight excluding hydrogens is 474 g/mol. The molecule has 9 heteroatoms. The monoisotopic (exact) mass is 505 g/mol. The molecule has 1 N–H and O–H groups in total. The summed E-state index contributed by atoms with van der Waals surface area (Å²) in [5.74, 6) is -1.55. The van der Waals surface area contributed by atoms with Crippen molar-refractivity contribution in [3.63, 3.8) is 0 Å². The fourth-order valence-electron chi connectivity index (χ4n) is 5.34. The summed E-state index contributed by atoms with van der Waals surface area (Å²) in [6, 6.07) is 12.0. The number of ether oxygens (including phenoxy) is 2. The van der Waals surface area contributed by atoms with E-state index in [1.54, 1.807) is 35.2 Å². The summed E-state index contributed by atoms with van der Waals surface area (Å²) < 4.78 is 11.2. The number of rotatable bonds is 7. The number of carbonyl (C=O) groups is 3. The highest BCUT2D eigenvalue weighted by atomic mass is 16.6. The third-order valence-corrected chi connectivity index (χ3v) is 7.13. The van der Waals surface area contributed by atoms with Crippen molar-refractivity contribution in [2.45, 2.75) is 25.3 Å². The minimum absolute atomic E-state index is 0.136. The molecule has 0 aromatic heterocycles. The molecule has 1 atom stereocenters. The Balaban J connectivity index is 1.75. The normalized spacial score (nSPS) is 21.9. The van der Waals surface area contributed by atoms with E-state index in [2.05, 4.69) is 0 Å². The highest BCUT2D eigenvalue weighted by Crippen LogP contribution is 2.53. The molecule has 37 heavy (non-hydrogen) atoms. The molecule has 1 saturated heterocycles. The number of nitrogens with zero attached hydrogens (tertiary/aromatic N) is 3. The maximum Gasteiger partial charge on any atom is 0.296 e. The van der Waals surface area contributed by atoms with Crippen molar-refractivity contribution in [3.8, 4) is 11.5 Å². The van der Waals surface area contributed by atoms with E-state index in [1.165, 1.54) is 4.90 Å². The molecule has 0 bridgehead atoms. The maximum absolute atomic E-state index is 14.4. The number of aliphatic hydroxyl groups is 1. The molecule has 2 aromatic rings. The summed E-state index contributed by atoms with van der Waals surface area (Å²) in [5, 5.41) is 11.6. The van der Waals surface area contributed by atoms with E-state index in [0.29, 0.717) is 49.1 Å². The number of likely N-dealkylation sites (tertiary alicyclic amines) is 1. The largest absolute Gasteiger partial charge is 0.507 e. The van der Waals surface area contributed by atoms with Gasteiger partial charge in [-0.25, -0.2) is 0 Å². The van der Waals surface area contributed by atoms with E-state index in [9.17, 15) is 19.5 Å². The molecular formula is C28H31N3O6. The van der Waals surface area contributed by atoms with Gasteiger partial charge in [0.25, 0.3) is 17.6 Å².